The molecule has 0 aromatic rings. The first kappa shape index (κ1) is 27.4. The van der Waals surface area contributed by atoms with Gasteiger partial charge in [-0.1, -0.05) is 71.1 Å². The number of rotatable bonds is 22. The first-order valence-electron chi connectivity index (χ1n) is 11.9. The number of unbranched alkanes of at least 4 members (excludes halogenated alkanes) is 12. The molecule has 0 aliphatic carbocycles. The van der Waals surface area contributed by atoms with Crippen molar-refractivity contribution in [3.63, 3.8) is 0 Å². The van der Waals surface area contributed by atoms with Gasteiger partial charge in [-0.05, 0) is 45.1 Å². The lowest BCUT2D eigenvalue weighted by molar-refractivity contribution is -0.145. The molecular formula is C23H48N2O3. The average molecular weight is 401 g/mol. The molecule has 0 spiro atoms. The third-order valence-corrected chi connectivity index (χ3v) is 5.09. The summed E-state index contributed by atoms with van der Waals surface area (Å²) in [4.78, 5) is 11.6. The van der Waals surface area contributed by atoms with E-state index < -0.39 is 6.04 Å². The van der Waals surface area contributed by atoms with Gasteiger partial charge in [0.25, 0.3) is 0 Å². The molecule has 0 aromatic heterocycles. The molecule has 0 rings (SSSR count). The maximum absolute atomic E-state index is 11.6. The molecule has 0 unspecified atom stereocenters. The van der Waals surface area contributed by atoms with Crippen molar-refractivity contribution in [1.82, 2.24) is 0 Å². The first-order chi connectivity index (χ1) is 13.7. The summed E-state index contributed by atoms with van der Waals surface area (Å²) in [6, 6.07) is -0.525. The lowest BCUT2D eigenvalue weighted by Crippen LogP contribution is -2.33. The van der Waals surface area contributed by atoms with Crippen LogP contribution >= 0.6 is 0 Å². The summed E-state index contributed by atoms with van der Waals surface area (Å²) in [6.45, 7) is 5.04. The molecule has 0 bridgehead atoms. The summed E-state index contributed by atoms with van der Waals surface area (Å²) in [5.41, 5.74) is 11.1. The van der Waals surface area contributed by atoms with E-state index in [1.54, 1.807) is 0 Å². The Morgan fingerprint density at radius 1 is 0.714 bits per heavy atom. The van der Waals surface area contributed by atoms with E-state index in [4.69, 9.17) is 20.9 Å². The highest BCUT2D eigenvalue weighted by molar-refractivity contribution is 5.75. The fraction of sp³-hybridized carbons (Fsp3) is 0.957. The molecule has 0 aliphatic heterocycles. The molecule has 168 valence electrons. The van der Waals surface area contributed by atoms with Crippen molar-refractivity contribution in [3.05, 3.63) is 0 Å². The van der Waals surface area contributed by atoms with E-state index in [0.29, 0.717) is 19.6 Å². The van der Waals surface area contributed by atoms with Crippen LogP contribution in [0.4, 0.5) is 0 Å². The molecule has 0 saturated carbocycles. The van der Waals surface area contributed by atoms with Gasteiger partial charge < -0.3 is 20.9 Å². The maximum Gasteiger partial charge on any atom is 0.322 e. The molecule has 0 aromatic carbocycles. The predicted octanol–water partition coefficient (Wildman–Crippen LogP) is 5.09. The monoisotopic (exact) mass is 400 g/mol. The molecule has 28 heavy (non-hydrogen) atoms. The molecule has 5 heteroatoms. The highest BCUT2D eigenvalue weighted by Crippen LogP contribution is 2.10. The molecule has 4 N–H and O–H groups in total. The Kier molecular flexibility index (Phi) is 22.1. The summed E-state index contributed by atoms with van der Waals surface area (Å²) >= 11 is 0. The number of hydrogen-bond acceptors (Lipinski definition) is 5. The molecule has 0 aliphatic rings. The second-order valence-corrected chi connectivity index (χ2v) is 7.91. The van der Waals surface area contributed by atoms with Gasteiger partial charge in [0.15, 0.2) is 0 Å². The SMILES string of the molecule is CCCCCCCCCCCCOCCCCCCOC(=O)[C@@H](N)CCCN. The molecule has 0 fully saturated rings. The first-order valence-corrected chi connectivity index (χ1v) is 11.9. The zero-order valence-corrected chi connectivity index (χ0v) is 18.6. The normalized spacial score (nSPS) is 12.2. The number of esters is 1. The fourth-order valence-corrected chi connectivity index (χ4v) is 3.19. The molecule has 0 radical (unpaired) electrons. The largest absolute Gasteiger partial charge is 0.465 e. The van der Waals surface area contributed by atoms with E-state index in [9.17, 15) is 4.79 Å². The van der Waals surface area contributed by atoms with Crippen LogP contribution in [-0.4, -0.2) is 38.4 Å². The van der Waals surface area contributed by atoms with Crippen molar-refractivity contribution >= 4 is 5.97 Å². The lowest BCUT2D eigenvalue weighted by Gasteiger charge is -2.10. The number of carbonyl (C=O) groups is 1. The minimum atomic E-state index is -0.525. The standard InChI is InChI=1S/C23H48N2O3/c1-2-3-4-5-6-7-8-9-10-13-19-27-20-14-11-12-15-21-28-23(26)22(25)17-16-18-24/h22H,2-21,24-25H2,1H3/t22-/m0/s1. The van der Waals surface area contributed by atoms with Crippen molar-refractivity contribution in [3.8, 4) is 0 Å². The Labute approximate surface area is 174 Å². The van der Waals surface area contributed by atoms with E-state index in [1.165, 1.54) is 64.2 Å². The number of hydrogen-bond donors (Lipinski definition) is 2. The summed E-state index contributed by atoms with van der Waals surface area (Å²) in [6.07, 6.45) is 19.1. The van der Waals surface area contributed by atoms with Gasteiger partial charge in [-0.3, -0.25) is 4.79 Å². The van der Waals surface area contributed by atoms with Crippen LogP contribution in [0.1, 0.15) is 110 Å². The highest BCUT2D eigenvalue weighted by atomic mass is 16.5. The second-order valence-electron chi connectivity index (χ2n) is 7.91. The van der Waals surface area contributed by atoms with Gasteiger partial charge in [-0.25, -0.2) is 0 Å². The lowest BCUT2D eigenvalue weighted by atomic mass is 10.1. The van der Waals surface area contributed by atoms with Gasteiger partial charge in [-0.15, -0.1) is 0 Å². The molecule has 0 amide bonds. The highest BCUT2D eigenvalue weighted by Gasteiger charge is 2.13. The third-order valence-electron chi connectivity index (χ3n) is 5.09. The Balaban J connectivity index is 3.15. The summed E-state index contributed by atoms with van der Waals surface area (Å²) < 4.78 is 10.9. The molecular weight excluding hydrogens is 352 g/mol. The van der Waals surface area contributed by atoms with Gasteiger partial charge in [0.05, 0.1) is 6.61 Å². The zero-order chi connectivity index (χ0) is 20.7. The van der Waals surface area contributed by atoms with Crippen LogP contribution < -0.4 is 11.5 Å². The Hall–Kier alpha value is -0.650. The van der Waals surface area contributed by atoms with Gasteiger partial charge in [0, 0.05) is 13.2 Å². The molecule has 1 atom stereocenters. The van der Waals surface area contributed by atoms with E-state index >= 15 is 0 Å². The van der Waals surface area contributed by atoms with Gasteiger partial charge in [-0.2, -0.15) is 0 Å². The smallest absolute Gasteiger partial charge is 0.322 e. The van der Waals surface area contributed by atoms with Crippen LogP contribution in [-0.2, 0) is 14.3 Å². The van der Waals surface area contributed by atoms with Crippen LogP contribution in [0.15, 0.2) is 0 Å². The second kappa shape index (κ2) is 22.6. The van der Waals surface area contributed by atoms with Crippen molar-refractivity contribution in [2.45, 2.75) is 116 Å². The van der Waals surface area contributed by atoms with E-state index in [0.717, 1.165) is 45.3 Å². The topological polar surface area (TPSA) is 87.6 Å². The molecule has 0 saturated heterocycles. The molecule has 5 nitrogen and oxygen atoms in total. The van der Waals surface area contributed by atoms with Crippen molar-refractivity contribution < 1.29 is 14.3 Å². The van der Waals surface area contributed by atoms with Crippen LogP contribution in [0.2, 0.25) is 0 Å². The van der Waals surface area contributed by atoms with E-state index in [-0.39, 0.29) is 5.97 Å². The Morgan fingerprint density at radius 3 is 1.68 bits per heavy atom. The van der Waals surface area contributed by atoms with Crippen molar-refractivity contribution in [2.24, 2.45) is 11.5 Å². The average Bonchev–Trinajstić information content (AvgIpc) is 2.70. The minimum absolute atomic E-state index is 0.298. The number of ether oxygens (including phenoxy) is 2. The molecule has 0 heterocycles. The van der Waals surface area contributed by atoms with Crippen molar-refractivity contribution in [1.29, 1.82) is 0 Å². The van der Waals surface area contributed by atoms with Crippen LogP contribution in [0.25, 0.3) is 0 Å². The third kappa shape index (κ3) is 20.1. The predicted molar refractivity (Wildman–Crippen MR) is 118 cm³/mol. The van der Waals surface area contributed by atoms with Gasteiger partial charge in [0.1, 0.15) is 6.04 Å². The Morgan fingerprint density at radius 2 is 1.18 bits per heavy atom. The Bertz CT molecular complexity index is 327. The van der Waals surface area contributed by atoms with E-state index in [2.05, 4.69) is 6.92 Å². The summed E-state index contributed by atoms with van der Waals surface area (Å²) in [7, 11) is 0. The number of carbonyl (C=O) groups excluding carboxylic acids is 1. The quantitative estimate of drug-likeness (QED) is 0.195. The number of nitrogens with two attached hydrogens (primary N) is 2. The zero-order valence-electron chi connectivity index (χ0n) is 18.6. The van der Waals surface area contributed by atoms with E-state index in [1.807, 2.05) is 0 Å². The van der Waals surface area contributed by atoms with Crippen LogP contribution in [0, 0.1) is 0 Å². The van der Waals surface area contributed by atoms with Gasteiger partial charge in [0.2, 0.25) is 0 Å². The van der Waals surface area contributed by atoms with Crippen LogP contribution in [0.3, 0.4) is 0 Å². The van der Waals surface area contributed by atoms with Gasteiger partial charge >= 0.3 is 5.97 Å². The fourth-order valence-electron chi connectivity index (χ4n) is 3.19. The summed E-state index contributed by atoms with van der Waals surface area (Å²) in [5, 5.41) is 0. The minimum Gasteiger partial charge on any atom is -0.465 e. The van der Waals surface area contributed by atoms with Crippen molar-refractivity contribution in [2.75, 3.05) is 26.4 Å². The summed E-state index contributed by atoms with van der Waals surface area (Å²) in [5.74, 6) is -0.298. The van der Waals surface area contributed by atoms with Crippen LogP contribution in [0.5, 0.6) is 0 Å². The maximum atomic E-state index is 11.6.